The third kappa shape index (κ3) is 6.03. The molecule has 0 heterocycles. The summed E-state index contributed by atoms with van der Waals surface area (Å²) in [6.45, 7) is 9.98. The summed E-state index contributed by atoms with van der Waals surface area (Å²) in [6.07, 6.45) is 1.80. The highest BCUT2D eigenvalue weighted by atomic mass is 16.5. The first-order valence-electron chi connectivity index (χ1n) is 6.45. The Kier molecular flexibility index (Phi) is 7.39. The molecule has 2 N–H and O–H groups in total. The Morgan fingerprint density at radius 1 is 1.41 bits per heavy atom. The smallest absolute Gasteiger partial charge is 0.323 e. The minimum Gasteiger partial charge on any atom is -0.465 e. The molecule has 0 amide bonds. The maximum Gasteiger partial charge on any atom is 0.323 e. The number of hydrogen-bond acceptors (Lipinski definition) is 4. The average Bonchev–Trinajstić information content (AvgIpc) is 2.25. The summed E-state index contributed by atoms with van der Waals surface area (Å²) in [7, 11) is 1.97. The quantitative estimate of drug-likeness (QED) is 0.659. The molecule has 4 nitrogen and oxygen atoms in total. The molecule has 0 aliphatic rings. The first-order chi connectivity index (χ1) is 7.87. The minimum atomic E-state index is -0.147. The largest absolute Gasteiger partial charge is 0.465 e. The SMILES string of the molecule is CCCC(C(=O)OCC)N(C)CC(C)(C)CN. The second-order valence-corrected chi connectivity index (χ2v) is 5.34. The van der Waals surface area contributed by atoms with E-state index in [9.17, 15) is 4.79 Å². The van der Waals surface area contributed by atoms with Crippen molar-refractivity contribution in [2.75, 3.05) is 26.7 Å². The van der Waals surface area contributed by atoms with Crippen molar-refractivity contribution in [1.29, 1.82) is 0 Å². The molecule has 4 heteroatoms. The fourth-order valence-electron chi connectivity index (χ4n) is 1.88. The van der Waals surface area contributed by atoms with Gasteiger partial charge in [-0.3, -0.25) is 9.69 Å². The number of rotatable bonds is 8. The zero-order valence-electron chi connectivity index (χ0n) is 12.0. The Bertz CT molecular complexity index is 229. The zero-order valence-corrected chi connectivity index (χ0v) is 12.0. The number of esters is 1. The Morgan fingerprint density at radius 3 is 2.41 bits per heavy atom. The van der Waals surface area contributed by atoms with E-state index >= 15 is 0 Å². The lowest BCUT2D eigenvalue weighted by Crippen LogP contribution is -2.46. The monoisotopic (exact) mass is 244 g/mol. The summed E-state index contributed by atoms with van der Waals surface area (Å²) in [4.78, 5) is 13.9. The van der Waals surface area contributed by atoms with Gasteiger partial charge in [0, 0.05) is 6.54 Å². The van der Waals surface area contributed by atoms with Gasteiger partial charge in [0.1, 0.15) is 6.04 Å². The number of carbonyl (C=O) groups is 1. The molecule has 0 bridgehead atoms. The number of carbonyl (C=O) groups excluding carboxylic acids is 1. The molecular weight excluding hydrogens is 216 g/mol. The first kappa shape index (κ1) is 16.4. The molecule has 0 aliphatic carbocycles. The van der Waals surface area contributed by atoms with Crippen LogP contribution in [0.4, 0.5) is 0 Å². The average molecular weight is 244 g/mol. The molecule has 0 saturated carbocycles. The van der Waals surface area contributed by atoms with Crippen molar-refractivity contribution < 1.29 is 9.53 Å². The van der Waals surface area contributed by atoms with Crippen LogP contribution in [-0.4, -0.2) is 43.7 Å². The molecule has 0 fully saturated rings. The van der Waals surface area contributed by atoms with Gasteiger partial charge in [-0.2, -0.15) is 0 Å². The van der Waals surface area contributed by atoms with Gasteiger partial charge in [-0.1, -0.05) is 27.2 Å². The van der Waals surface area contributed by atoms with Crippen LogP contribution in [0.1, 0.15) is 40.5 Å². The number of likely N-dealkylation sites (N-methyl/N-ethyl adjacent to an activating group) is 1. The summed E-state index contributed by atoms with van der Waals surface area (Å²) in [5.41, 5.74) is 5.74. The molecule has 102 valence electrons. The van der Waals surface area contributed by atoms with Gasteiger partial charge in [-0.05, 0) is 32.4 Å². The normalized spacial score (nSPS) is 13.8. The molecule has 1 atom stereocenters. The van der Waals surface area contributed by atoms with Gasteiger partial charge in [0.05, 0.1) is 6.61 Å². The fraction of sp³-hybridized carbons (Fsp3) is 0.923. The lowest BCUT2D eigenvalue weighted by atomic mass is 9.92. The van der Waals surface area contributed by atoms with Crippen molar-refractivity contribution in [3.8, 4) is 0 Å². The molecule has 0 aliphatic heterocycles. The summed E-state index contributed by atoms with van der Waals surface area (Å²) in [5, 5.41) is 0. The van der Waals surface area contributed by atoms with E-state index in [4.69, 9.17) is 10.5 Å². The summed E-state index contributed by atoms with van der Waals surface area (Å²) >= 11 is 0. The molecule has 17 heavy (non-hydrogen) atoms. The highest BCUT2D eigenvalue weighted by Crippen LogP contribution is 2.17. The van der Waals surface area contributed by atoms with Gasteiger partial charge in [-0.15, -0.1) is 0 Å². The molecule has 0 aromatic rings. The van der Waals surface area contributed by atoms with Crippen LogP contribution < -0.4 is 5.73 Å². The first-order valence-corrected chi connectivity index (χ1v) is 6.45. The second kappa shape index (κ2) is 7.67. The van der Waals surface area contributed by atoms with Crippen molar-refractivity contribution in [3.05, 3.63) is 0 Å². The van der Waals surface area contributed by atoms with Crippen LogP contribution in [0.3, 0.4) is 0 Å². The van der Waals surface area contributed by atoms with E-state index in [1.165, 1.54) is 0 Å². The number of ether oxygens (including phenoxy) is 1. The molecule has 1 unspecified atom stereocenters. The summed E-state index contributed by atoms with van der Waals surface area (Å²) < 4.78 is 5.11. The molecule has 0 aromatic carbocycles. The Balaban J connectivity index is 4.53. The van der Waals surface area contributed by atoms with Gasteiger partial charge in [0.2, 0.25) is 0 Å². The Morgan fingerprint density at radius 2 is 2.00 bits per heavy atom. The predicted molar refractivity (Wildman–Crippen MR) is 70.8 cm³/mol. The minimum absolute atomic E-state index is 0.0211. The topological polar surface area (TPSA) is 55.6 Å². The lowest BCUT2D eigenvalue weighted by Gasteiger charge is -2.33. The van der Waals surface area contributed by atoms with Crippen LogP contribution in [0.2, 0.25) is 0 Å². The van der Waals surface area contributed by atoms with E-state index in [1.807, 2.05) is 14.0 Å². The molecule has 0 saturated heterocycles. The number of nitrogens with two attached hydrogens (primary N) is 1. The van der Waals surface area contributed by atoms with Gasteiger partial charge in [0.15, 0.2) is 0 Å². The van der Waals surface area contributed by atoms with Crippen LogP contribution in [0.5, 0.6) is 0 Å². The van der Waals surface area contributed by atoms with Gasteiger partial charge in [-0.25, -0.2) is 0 Å². The predicted octanol–water partition coefficient (Wildman–Crippen LogP) is 1.63. The maximum absolute atomic E-state index is 11.9. The molecule has 0 aromatic heterocycles. The third-order valence-electron chi connectivity index (χ3n) is 2.88. The van der Waals surface area contributed by atoms with Crippen LogP contribution in [0.15, 0.2) is 0 Å². The highest BCUT2D eigenvalue weighted by molar-refractivity contribution is 5.75. The van der Waals surface area contributed by atoms with Gasteiger partial charge >= 0.3 is 5.97 Å². The molecular formula is C13H28N2O2. The van der Waals surface area contributed by atoms with Crippen molar-refractivity contribution in [2.45, 2.75) is 46.6 Å². The summed E-state index contributed by atoms with van der Waals surface area (Å²) in [6, 6.07) is -0.147. The van der Waals surface area contributed by atoms with E-state index in [-0.39, 0.29) is 17.4 Å². The van der Waals surface area contributed by atoms with Gasteiger partial charge in [0.25, 0.3) is 0 Å². The molecule has 0 radical (unpaired) electrons. The van der Waals surface area contributed by atoms with Crippen molar-refractivity contribution in [3.63, 3.8) is 0 Å². The van der Waals surface area contributed by atoms with E-state index in [0.717, 1.165) is 19.4 Å². The van der Waals surface area contributed by atoms with Crippen LogP contribution >= 0.6 is 0 Å². The fourth-order valence-corrected chi connectivity index (χ4v) is 1.88. The van der Waals surface area contributed by atoms with Gasteiger partial charge < -0.3 is 10.5 Å². The van der Waals surface area contributed by atoms with Crippen molar-refractivity contribution in [1.82, 2.24) is 4.90 Å². The van der Waals surface area contributed by atoms with E-state index < -0.39 is 0 Å². The van der Waals surface area contributed by atoms with Crippen LogP contribution in [0.25, 0.3) is 0 Å². The molecule has 0 rings (SSSR count). The highest BCUT2D eigenvalue weighted by Gasteiger charge is 2.28. The van der Waals surface area contributed by atoms with E-state index in [1.54, 1.807) is 0 Å². The standard InChI is InChI=1S/C13H28N2O2/c1-6-8-11(12(16)17-7-2)15(5)10-13(3,4)9-14/h11H,6-10,14H2,1-5H3. The van der Waals surface area contributed by atoms with Crippen LogP contribution in [-0.2, 0) is 9.53 Å². The van der Waals surface area contributed by atoms with Crippen molar-refractivity contribution in [2.24, 2.45) is 11.1 Å². The number of hydrogen-bond donors (Lipinski definition) is 1. The summed E-state index contributed by atoms with van der Waals surface area (Å²) in [5.74, 6) is -0.121. The van der Waals surface area contributed by atoms with E-state index in [0.29, 0.717) is 13.2 Å². The molecule has 0 spiro atoms. The number of nitrogens with zero attached hydrogens (tertiary/aromatic N) is 1. The Hall–Kier alpha value is -0.610. The maximum atomic E-state index is 11.9. The third-order valence-corrected chi connectivity index (χ3v) is 2.88. The van der Waals surface area contributed by atoms with E-state index in [2.05, 4.69) is 25.7 Å². The lowest BCUT2D eigenvalue weighted by molar-refractivity contribution is -0.149. The zero-order chi connectivity index (χ0) is 13.5. The second-order valence-electron chi connectivity index (χ2n) is 5.34. The van der Waals surface area contributed by atoms with Crippen molar-refractivity contribution >= 4 is 5.97 Å². The van der Waals surface area contributed by atoms with Crippen LogP contribution in [0, 0.1) is 5.41 Å². The Labute approximate surface area is 105 Å².